The standard InChI is InChI=1S/C28H42N2O7/c1-7-35-25(33)30-29-16(2)28(34)24(37-18(4)32)15-23-21-9-8-19-14-20(36-17(3)31)10-12-26(19,5)22(21)11-13-27(23,28)6/h8,20-24,34H,7,9-15H2,1-6H3,(H,30,33)/b29-16-/t20-,21-,22+,23+,24+,26-,27-,28+/m0/s1. The van der Waals surface area contributed by atoms with Gasteiger partial charge in [0.15, 0.2) is 0 Å². The van der Waals surface area contributed by atoms with Crippen molar-refractivity contribution >= 4 is 23.7 Å². The average molecular weight is 519 g/mol. The maximum Gasteiger partial charge on any atom is 0.427 e. The minimum absolute atomic E-state index is 0.0210. The minimum atomic E-state index is -1.52. The van der Waals surface area contributed by atoms with Crippen LogP contribution in [-0.2, 0) is 23.8 Å². The van der Waals surface area contributed by atoms with E-state index < -0.39 is 29.2 Å². The molecule has 1 amide bonds. The first kappa shape index (κ1) is 27.6. The highest BCUT2D eigenvalue weighted by atomic mass is 16.6. The van der Waals surface area contributed by atoms with Crippen molar-refractivity contribution in [3.63, 3.8) is 0 Å². The molecule has 9 nitrogen and oxygen atoms in total. The molecule has 0 bridgehead atoms. The minimum Gasteiger partial charge on any atom is -0.462 e. The summed E-state index contributed by atoms with van der Waals surface area (Å²) >= 11 is 0. The van der Waals surface area contributed by atoms with Crippen molar-refractivity contribution in [2.75, 3.05) is 6.61 Å². The number of amides is 1. The van der Waals surface area contributed by atoms with E-state index in [-0.39, 0.29) is 30.0 Å². The molecular formula is C28H42N2O7. The largest absolute Gasteiger partial charge is 0.462 e. The van der Waals surface area contributed by atoms with Crippen molar-refractivity contribution in [1.29, 1.82) is 0 Å². The molecule has 0 aromatic carbocycles. The van der Waals surface area contributed by atoms with E-state index in [1.54, 1.807) is 13.8 Å². The van der Waals surface area contributed by atoms with Crippen LogP contribution >= 0.6 is 0 Å². The van der Waals surface area contributed by atoms with Crippen LogP contribution in [0.4, 0.5) is 4.79 Å². The van der Waals surface area contributed by atoms with E-state index in [2.05, 4.69) is 30.5 Å². The molecule has 0 unspecified atom stereocenters. The van der Waals surface area contributed by atoms with E-state index in [0.29, 0.717) is 24.0 Å². The summed E-state index contributed by atoms with van der Waals surface area (Å²) in [6, 6.07) is 0. The molecular weight excluding hydrogens is 476 g/mol. The van der Waals surface area contributed by atoms with Gasteiger partial charge in [-0.3, -0.25) is 9.59 Å². The lowest BCUT2D eigenvalue weighted by atomic mass is 9.46. The van der Waals surface area contributed by atoms with Crippen LogP contribution in [0.3, 0.4) is 0 Å². The molecule has 0 heterocycles. The molecule has 0 aromatic rings. The smallest absolute Gasteiger partial charge is 0.427 e. The zero-order valence-corrected chi connectivity index (χ0v) is 23.0. The van der Waals surface area contributed by atoms with Crippen molar-refractivity contribution in [3.8, 4) is 0 Å². The highest BCUT2D eigenvalue weighted by Gasteiger charge is 2.69. The number of hydrogen-bond donors (Lipinski definition) is 2. The number of hydrazone groups is 1. The predicted molar refractivity (Wildman–Crippen MR) is 136 cm³/mol. The molecule has 0 aliphatic heterocycles. The summed E-state index contributed by atoms with van der Waals surface area (Å²) in [6.45, 7) is 10.8. The van der Waals surface area contributed by atoms with Crippen LogP contribution in [0.15, 0.2) is 16.8 Å². The number of hydrogen-bond acceptors (Lipinski definition) is 8. The van der Waals surface area contributed by atoms with Crippen LogP contribution in [0.5, 0.6) is 0 Å². The van der Waals surface area contributed by atoms with Crippen LogP contribution in [0.2, 0.25) is 0 Å². The van der Waals surface area contributed by atoms with Gasteiger partial charge in [-0.05, 0) is 75.5 Å². The van der Waals surface area contributed by atoms with Gasteiger partial charge in [-0.2, -0.15) is 5.10 Å². The first-order valence-corrected chi connectivity index (χ1v) is 13.6. The van der Waals surface area contributed by atoms with Gasteiger partial charge in [-0.25, -0.2) is 10.2 Å². The quantitative estimate of drug-likeness (QED) is 0.183. The Bertz CT molecular complexity index is 1010. The normalized spacial score (nSPS) is 40.9. The Morgan fingerprint density at radius 2 is 1.78 bits per heavy atom. The predicted octanol–water partition coefficient (Wildman–Crippen LogP) is 4.28. The molecule has 37 heavy (non-hydrogen) atoms. The second-order valence-corrected chi connectivity index (χ2v) is 11.8. The van der Waals surface area contributed by atoms with Gasteiger partial charge >= 0.3 is 18.0 Å². The van der Waals surface area contributed by atoms with Crippen LogP contribution < -0.4 is 5.43 Å². The van der Waals surface area contributed by atoms with Crippen LogP contribution in [0, 0.1) is 28.6 Å². The fourth-order valence-electron chi connectivity index (χ4n) is 8.32. The number of ether oxygens (including phenoxy) is 3. The highest BCUT2D eigenvalue weighted by molar-refractivity contribution is 5.93. The maximum atomic E-state index is 12.3. The molecule has 3 saturated carbocycles. The molecule has 9 heteroatoms. The number of fused-ring (bicyclic) bond motifs is 5. The van der Waals surface area contributed by atoms with E-state index in [9.17, 15) is 19.5 Å². The van der Waals surface area contributed by atoms with Gasteiger partial charge in [0.05, 0.1) is 12.3 Å². The van der Waals surface area contributed by atoms with E-state index >= 15 is 0 Å². The topological polar surface area (TPSA) is 124 Å². The second-order valence-electron chi connectivity index (χ2n) is 11.8. The number of carbonyl (C=O) groups excluding carboxylic acids is 3. The monoisotopic (exact) mass is 518 g/mol. The molecule has 206 valence electrons. The molecule has 0 radical (unpaired) electrons. The third kappa shape index (κ3) is 4.57. The summed E-state index contributed by atoms with van der Waals surface area (Å²) < 4.78 is 16.2. The van der Waals surface area contributed by atoms with Gasteiger partial charge < -0.3 is 19.3 Å². The first-order chi connectivity index (χ1) is 17.4. The molecule has 0 aromatic heterocycles. The van der Waals surface area contributed by atoms with Crippen molar-refractivity contribution in [1.82, 2.24) is 5.43 Å². The highest BCUT2D eigenvalue weighted by Crippen LogP contribution is 2.67. The third-order valence-corrected chi connectivity index (χ3v) is 10.0. The maximum absolute atomic E-state index is 12.3. The molecule has 4 aliphatic rings. The van der Waals surface area contributed by atoms with Crippen molar-refractivity contribution in [2.45, 2.75) is 104 Å². The van der Waals surface area contributed by atoms with Gasteiger partial charge in [0.1, 0.15) is 17.8 Å². The fourth-order valence-corrected chi connectivity index (χ4v) is 8.32. The Kier molecular flexibility index (Phi) is 7.49. The summed E-state index contributed by atoms with van der Waals surface area (Å²) in [5.41, 5.74) is 1.98. The molecule has 3 fully saturated rings. The van der Waals surface area contributed by atoms with Gasteiger partial charge in [0.25, 0.3) is 0 Å². The summed E-state index contributed by atoms with van der Waals surface area (Å²) in [6.07, 6.45) is 6.51. The lowest BCUT2D eigenvalue weighted by Crippen LogP contribution is -2.60. The number of rotatable bonds is 5. The van der Waals surface area contributed by atoms with E-state index in [4.69, 9.17) is 14.2 Å². The number of aliphatic hydroxyl groups is 1. The van der Waals surface area contributed by atoms with Gasteiger partial charge in [0.2, 0.25) is 0 Å². The molecule has 4 aliphatic carbocycles. The Balaban J connectivity index is 1.65. The number of nitrogens with one attached hydrogen (secondary N) is 1. The Hall–Kier alpha value is -2.42. The van der Waals surface area contributed by atoms with E-state index in [0.717, 1.165) is 38.5 Å². The number of carbonyl (C=O) groups is 3. The van der Waals surface area contributed by atoms with Crippen LogP contribution in [0.25, 0.3) is 0 Å². The summed E-state index contributed by atoms with van der Waals surface area (Å²) in [5, 5.41) is 16.5. The van der Waals surface area contributed by atoms with E-state index in [1.165, 1.54) is 19.4 Å². The zero-order valence-electron chi connectivity index (χ0n) is 23.0. The molecule has 4 rings (SSSR count). The van der Waals surface area contributed by atoms with Gasteiger partial charge in [-0.15, -0.1) is 0 Å². The van der Waals surface area contributed by atoms with Gasteiger partial charge in [0, 0.05) is 25.7 Å². The average Bonchev–Trinajstić information content (AvgIpc) is 3.05. The SMILES string of the molecule is CCOC(=O)N/N=C(/C)[C@@]1(O)[C@H](OC(C)=O)C[C@@H]2[C@H]3CC=C4C[C@@H](OC(C)=O)CC[C@]4(C)[C@@H]3CC[C@@]21C. The Labute approximate surface area is 219 Å². The fraction of sp³-hybridized carbons (Fsp3) is 0.786. The Morgan fingerprint density at radius 3 is 2.43 bits per heavy atom. The van der Waals surface area contributed by atoms with Gasteiger partial charge in [-0.1, -0.05) is 25.5 Å². The third-order valence-electron chi connectivity index (χ3n) is 10.0. The van der Waals surface area contributed by atoms with Crippen molar-refractivity contribution < 1.29 is 33.7 Å². The Morgan fingerprint density at radius 1 is 1.08 bits per heavy atom. The zero-order chi connectivity index (χ0) is 27.2. The number of esters is 2. The van der Waals surface area contributed by atoms with Crippen LogP contribution in [-0.4, -0.2) is 53.3 Å². The van der Waals surface area contributed by atoms with E-state index in [1.807, 2.05) is 0 Å². The lowest BCUT2D eigenvalue weighted by Gasteiger charge is -2.58. The van der Waals surface area contributed by atoms with Crippen molar-refractivity contribution in [3.05, 3.63) is 11.6 Å². The summed E-state index contributed by atoms with van der Waals surface area (Å²) in [4.78, 5) is 35.5. The van der Waals surface area contributed by atoms with Crippen LogP contribution in [0.1, 0.15) is 86.5 Å². The first-order valence-electron chi connectivity index (χ1n) is 13.6. The molecule has 2 N–H and O–H groups in total. The summed E-state index contributed by atoms with van der Waals surface area (Å²) in [5.74, 6) is 0.173. The summed E-state index contributed by atoms with van der Waals surface area (Å²) in [7, 11) is 0. The second kappa shape index (κ2) is 10.0. The number of allylic oxidation sites excluding steroid dienone is 1. The lowest BCUT2D eigenvalue weighted by molar-refractivity contribution is -0.161. The molecule has 0 spiro atoms. The molecule has 0 saturated heterocycles. The number of nitrogens with zero attached hydrogens (tertiary/aromatic N) is 1. The van der Waals surface area contributed by atoms with Crippen molar-refractivity contribution in [2.24, 2.45) is 33.7 Å². The molecule has 8 atom stereocenters.